The predicted octanol–water partition coefficient (Wildman–Crippen LogP) is 2.82. The zero-order valence-corrected chi connectivity index (χ0v) is 12.5. The van der Waals surface area contributed by atoms with Gasteiger partial charge in [-0.1, -0.05) is 12.1 Å². The molecule has 5 heteroatoms. The molecule has 1 fully saturated rings. The van der Waals surface area contributed by atoms with Gasteiger partial charge in [0.15, 0.2) is 0 Å². The number of aromatic amines is 1. The summed E-state index contributed by atoms with van der Waals surface area (Å²) in [5.41, 5.74) is 2.61. The first-order valence-electron chi connectivity index (χ1n) is 7.71. The zero-order chi connectivity index (χ0) is 15.6. The van der Waals surface area contributed by atoms with Gasteiger partial charge >= 0.3 is 0 Å². The molecule has 0 aliphatic carbocycles. The number of pyridine rings is 1. The van der Waals surface area contributed by atoms with E-state index in [0.717, 1.165) is 22.9 Å². The summed E-state index contributed by atoms with van der Waals surface area (Å²) >= 11 is 0. The number of carbonyl (C=O) groups excluding carboxylic acids is 1. The molecule has 1 aliphatic heterocycles. The highest BCUT2D eigenvalue weighted by Crippen LogP contribution is 2.28. The summed E-state index contributed by atoms with van der Waals surface area (Å²) in [6.07, 6.45) is 6.06. The van der Waals surface area contributed by atoms with Gasteiger partial charge in [-0.05, 0) is 36.1 Å². The van der Waals surface area contributed by atoms with Crippen molar-refractivity contribution >= 4 is 16.8 Å². The number of hydrogen-bond donors (Lipinski definition) is 2. The second-order valence-corrected chi connectivity index (χ2v) is 5.73. The minimum atomic E-state index is -0.137. The van der Waals surface area contributed by atoms with E-state index in [9.17, 15) is 4.79 Å². The molecule has 0 radical (unpaired) electrons. The van der Waals surface area contributed by atoms with Gasteiger partial charge in [0.25, 0.3) is 5.91 Å². The Morgan fingerprint density at radius 1 is 1.30 bits per heavy atom. The van der Waals surface area contributed by atoms with Crippen molar-refractivity contribution in [2.75, 3.05) is 6.61 Å². The number of hydrogen-bond acceptors (Lipinski definition) is 3. The molecule has 116 valence electrons. The van der Waals surface area contributed by atoms with Gasteiger partial charge in [0.2, 0.25) is 0 Å². The quantitative estimate of drug-likeness (QED) is 0.782. The summed E-state index contributed by atoms with van der Waals surface area (Å²) < 4.78 is 5.79. The Morgan fingerprint density at radius 3 is 3.13 bits per heavy atom. The van der Waals surface area contributed by atoms with E-state index in [-0.39, 0.29) is 18.1 Å². The van der Waals surface area contributed by atoms with Crippen LogP contribution in [-0.2, 0) is 4.74 Å². The van der Waals surface area contributed by atoms with Gasteiger partial charge in [-0.2, -0.15) is 0 Å². The molecule has 3 heterocycles. The molecule has 2 atom stereocenters. The normalized spacial score (nSPS) is 20.7. The molecule has 1 aliphatic rings. The topological polar surface area (TPSA) is 67.0 Å². The van der Waals surface area contributed by atoms with Crippen LogP contribution in [0.5, 0.6) is 0 Å². The number of ether oxygens (including phenoxy) is 1. The van der Waals surface area contributed by atoms with Gasteiger partial charge in [-0.25, -0.2) is 0 Å². The van der Waals surface area contributed by atoms with E-state index in [1.54, 1.807) is 12.4 Å². The van der Waals surface area contributed by atoms with Crippen LogP contribution in [0.15, 0.2) is 55.0 Å². The lowest BCUT2D eigenvalue weighted by Crippen LogP contribution is -2.36. The number of rotatable bonds is 3. The van der Waals surface area contributed by atoms with Gasteiger partial charge in [0.1, 0.15) is 6.10 Å². The molecule has 0 saturated carbocycles. The van der Waals surface area contributed by atoms with Gasteiger partial charge in [-0.15, -0.1) is 0 Å². The van der Waals surface area contributed by atoms with Gasteiger partial charge in [0.05, 0.1) is 6.04 Å². The molecule has 3 aromatic rings. The van der Waals surface area contributed by atoms with Crippen LogP contribution in [-0.4, -0.2) is 28.5 Å². The van der Waals surface area contributed by atoms with Crippen molar-refractivity contribution in [1.29, 1.82) is 0 Å². The predicted molar refractivity (Wildman–Crippen MR) is 87.1 cm³/mol. The van der Waals surface area contributed by atoms with Crippen LogP contribution in [0.4, 0.5) is 0 Å². The van der Waals surface area contributed by atoms with Crippen molar-refractivity contribution in [2.24, 2.45) is 0 Å². The van der Waals surface area contributed by atoms with Crippen LogP contribution in [0.25, 0.3) is 10.9 Å². The fourth-order valence-corrected chi connectivity index (χ4v) is 3.05. The summed E-state index contributed by atoms with van der Waals surface area (Å²) in [5, 5.41) is 4.19. The Hall–Kier alpha value is -2.66. The van der Waals surface area contributed by atoms with E-state index in [0.29, 0.717) is 12.2 Å². The van der Waals surface area contributed by atoms with Gasteiger partial charge < -0.3 is 15.0 Å². The van der Waals surface area contributed by atoms with Crippen LogP contribution in [0.3, 0.4) is 0 Å². The Morgan fingerprint density at radius 2 is 2.26 bits per heavy atom. The van der Waals surface area contributed by atoms with Crippen molar-refractivity contribution in [2.45, 2.75) is 18.6 Å². The van der Waals surface area contributed by atoms with Crippen molar-refractivity contribution in [3.63, 3.8) is 0 Å². The number of aromatic nitrogens is 2. The molecule has 0 bridgehead atoms. The molecule has 1 aromatic carbocycles. The van der Waals surface area contributed by atoms with E-state index < -0.39 is 0 Å². The zero-order valence-electron chi connectivity index (χ0n) is 12.5. The summed E-state index contributed by atoms with van der Waals surface area (Å²) in [6, 6.07) is 11.5. The number of nitrogens with zero attached hydrogens (tertiary/aromatic N) is 1. The molecule has 5 nitrogen and oxygen atoms in total. The highest BCUT2D eigenvalue weighted by molar-refractivity contribution is 5.98. The first-order chi connectivity index (χ1) is 11.3. The average Bonchev–Trinajstić information content (AvgIpc) is 3.23. The van der Waals surface area contributed by atoms with Crippen LogP contribution in [0.1, 0.15) is 28.4 Å². The number of nitrogens with one attached hydrogen (secondary N) is 2. The monoisotopic (exact) mass is 307 g/mol. The highest BCUT2D eigenvalue weighted by Gasteiger charge is 2.31. The van der Waals surface area contributed by atoms with E-state index in [2.05, 4.69) is 15.3 Å². The van der Waals surface area contributed by atoms with Gasteiger partial charge in [-0.3, -0.25) is 9.78 Å². The number of benzene rings is 1. The van der Waals surface area contributed by atoms with Crippen LogP contribution in [0, 0.1) is 0 Å². The summed E-state index contributed by atoms with van der Waals surface area (Å²) in [6.45, 7) is 0.639. The molecule has 0 spiro atoms. The Bertz CT molecular complexity index is 828. The number of amides is 1. The van der Waals surface area contributed by atoms with E-state index in [1.165, 1.54) is 0 Å². The van der Waals surface area contributed by atoms with Crippen molar-refractivity contribution < 1.29 is 9.53 Å². The third-order valence-electron chi connectivity index (χ3n) is 4.24. The third-order valence-corrected chi connectivity index (χ3v) is 4.24. The summed E-state index contributed by atoms with van der Waals surface area (Å²) in [4.78, 5) is 19.8. The molecule has 23 heavy (non-hydrogen) atoms. The standard InChI is InChI=1S/C18H17N3O2/c22-18(13-4-3-12-5-8-20-16(12)10-13)21-15-6-9-23-17(15)14-2-1-7-19-11-14/h1-5,7-8,10-11,15,17,20H,6,9H2,(H,21,22)/t15-,17+/m0/s1. The fourth-order valence-electron chi connectivity index (χ4n) is 3.05. The first-order valence-corrected chi connectivity index (χ1v) is 7.71. The summed E-state index contributed by atoms with van der Waals surface area (Å²) in [5.74, 6) is -0.0779. The molecule has 4 rings (SSSR count). The fraction of sp³-hybridized carbons (Fsp3) is 0.222. The summed E-state index contributed by atoms with van der Waals surface area (Å²) in [7, 11) is 0. The molecular formula is C18H17N3O2. The molecule has 1 saturated heterocycles. The van der Waals surface area contributed by atoms with Gasteiger partial charge in [0, 0.05) is 41.8 Å². The van der Waals surface area contributed by atoms with Crippen molar-refractivity contribution in [3.05, 3.63) is 66.1 Å². The Kier molecular flexibility index (Phi) is 3.55. The molecule has 2 aromatic heterocycles. The first kappa shape index (κ1) is 14.0. The number of fused-ring (bicyclic) bond motifs is 1. The molecular weight excluding hydrogens is 290 g/mol. The van der Waals surface area contributed by atoms with Crippen molar-refractivity contribution in [3.8, 4) is 0 Å². The van der Waals surface area contributed by atoms with Crippen molar-refractivity contribution in [1.82, 2.24) is 15.3 Å². The maximum Gasteiger partial charge on any atom is 0.251 e. The van der Waals surface area contributed by atoms with E-state index in [4.69, 9.17) is 4.74 Å². The minimum Gasteiger partial charge on any atom is -0.371 e. The number of H-pyrrole nitrogens is 1. The minimum absolute atomic E-state index is 0.0361. The van der Waals surface area contributed by atoms with Crippen LogP contribution < -0.4 is 5.32 Å². The molecule has 2 N–H and O–H groups in total. The third kappa shape index (κ3) is 2.71. The average molecular weight is 307 g/mol. The second-order valence-electron chi connectivity index (χ2n) is 5.73. The molecule has 1 amide bonds. The highest BCUT2D eigenvalue weighted by atomic mass is 16.5. The maximum atomic E-state index is 12.5. The maximum absolute atomic E-state index is 12.5. The second kappa shape index (κ2) is 5.85. The lowest BCUT2D eigenvalue weighted by molar-refractivity contribution is 0.0820. The largest absolute Gasteiger partial charge is 0.371 e. The van der Waals surface area contributed by atoms with E-state index >= 15 is 0 Å². The Balaban J connectivity index is 1.53. The Labute approximate surface area is 133 Å². The smallest absolute Gasteiger partial charge is 0.251 e. The lowest BCUT2D eigenvalue weighted by Gasteiger charge is -2.20. The van der Waals surface area contributed by atoms with Crippen LogP contribution >= 0.6 is 0 Å². The van der Waals surface area contributed by atoms with E-state index in [1.807, 2.05) is 42.6 Å². The van der Waals surface area contributed by atoms with Crippen LogP contribution in [0.2, 0.25) is 0 Å². The number of carbonyl (C=O) groups is 1. The lowest BCUT2D eigenvalue weighted by atomic mass is 10.0. The SMILES string of the molecule is O=C(N[C@H]1CCO[C@@H]1c1cccnc1)c1ccc2cc[nH]c2c1. The molecule has 0 unspecified atom stereocenters.